The van der Waals surface area contributed by atoms with Gasteiger partial charge in [-0.3, -0.25) is 4.79 Å². The first-order valence-corrected chi connectivity index (χ1v) is 6.00. The molecule has 21 heavy (non-hydrogen) atoms. The number of hydrogen-bond acceptors (Lipinski definition) is 1. The Bertz CT molecular complexity index is 679. The van der Waals surface area contributed by atoms with Gasteiger partial charge in [0, 0.05) is 17.2 Å². The van der Waals surface area contributed by atoms with E-state index in [1.54, 1.807) is 24.3 Å². The van der Waals surface area contributed by atoms with Crippen LogP contribution in [-0.4, -0.2) is 5.91 Å². The van der Waals surface area contributed by atoms with Crippen LogP contribution < -0.4 is 5.32 Å². The fourth-order valence-corrected chi connectivity index (χ4v) is 1.56. The third-order valence-corrected chi connectivity index (χ3v) is 2.56. The third-order valence-electron chi connectivity index (χ3n) is 2.56. The summed E-state index contributed by atoms with van der Waals surface area (Å²) in [5.41, 5.74) is 0.192. The van der Waals surface area contributed by atoms with Gasteiger partial charge in [-0.1, -0.05) is 24.1 Å². The van der Waals surface area contributed by atoms with Crippen LogP contribution in [-0.2, 0) is 11.0 Å². The molecule has 106 valence electrons. The standard InChI is InChI=1S/C16H10F3NO/c17-16(18,19)13-9-6-12(7-10-13)8-11-15(21)20-14-4-2-1-3-5-14/h1-7,9-10H,(H,20,21). The summed E-state index contributed by atoms with van der Waals surface area (Å²) in [5.74, 6) is 4.31. The summed E-state index contributed by atoms with van der Waals surface area (Å²) in [5, 5.41) is 2.56. The van der Waals surface area contributed by atoms with Gasteiger partial charge in [-0.15, -0.1) is 0 Å². The van der Waals surface area contributed by atoms with Gasteiger partial charge >= 0.3 is 12.1 Å². The number of para-hydroxylation sites is 1. The Morgan fingerprint density at radius 3 is 2.14 bits per heavy atom. The summed E-state index contributed by atoms with van der Waals surface area (Å²) in [6.07, 6.45) is -4.38. The van der Waals surface area contributed by atoms with E-state index in [-0.39, 0.29) is 0 Å². The molecule has 0 aliphatic heterocycles. The van der Waals surface area contributed by atoms with Crippen molar-refractivity contribution < 1.29 is 18.0 Å². The highest BCUT2D eigenvalue weighted by Gasteiger charge is 2.29. The molecule has 0 spiro atoms. The monoisotopic (exact) mass is 289 g/mol. The number of rotatable bonds is 1. The van der Waals surface area contributed by atoms with E-state index in [4.69, 9.17) is 0 Å². The van der Waals surface area contributed by atoms with E-state index in [1.807, 2.05) is 6.07 Å². The van der Waals surface area contributed by atoms with Crippen molar-refractivity contribution in [3.8, 4) is 11.8 Å². The molecule has 1 N–H and O–H groups in total. The van der Waals surface area contributed by atoms with Gasteiger partial charge in [0.15, 0.2) is 0 Å². The molecular weight excluding hydrogens is 279 g/mol. The van der Waals surface area contributed by atoms with Crippen molar-refractivity contribution in [2.75, 3.05) is 5.32 Å². The Morgan fingerprint density at radius 2 is 1.57 bits per heavy atom. The van der Waals surface area contributed by atoms with E-state index in [0.29, 0.717) is 11.3 Å². The van der Waals surface area contributed by atoms with Crippen LogP contribution in [0, 0.1) is 11.8 Å². The summed E-state index contributed by atoms with van der Waals surface area (Å²) in [6.45, 7) is 0. The normalized spacial score (nSPS) is 10.4. The molecule has 5 heteroatoms. The predicted molar refractivity (Wildman–Crippen MR) is 73.4 cm³/mol. The van der Waals surface area contributed by atoms with Crippen molar-refractivity contribution in [2.24, 2.45) is 0 Å². The van der Waals surface area contributed by atoms with Gasteiger partial charge in [-0.05, 0) is 36.4 Å². The maximum absolute atomic E-state index is 12.4. The minimum Gasteiger partial charge on any atom is -0.315 e. The number of carbonyl (C=O) groups is 1. The van der Waals surface area contributed by atoms with Crippen LogP contribution in [0.15, 0.2) is 54.6 Å². The first-order chi connectivity index (χ1) is 9.95. The number of halogens is 3. The lowest BCUT2D eigenvalue weighted by Gasteiger charge is -2.05. The minimum atomic E-state index is -4.38. The SMILES string of the molecule is O=C(C#Cc1ccc(C(F)(F)F)cc1)Nc1ccccc1. The number of anilines is 1. The zero-order valence-electron chi connectivity index (χ0n) is 10.7. The lowest BCUT2D eigenvalue weighted by Crippen LogP contribution is -2.08. The van der Waals surface area contributed by atoms with Crippen LogP contribution in [0.5, 0.6) is 0 Å². The van der Waals surface area contributed by atoms with Crippen molar-refractivity contribution >= 4 is 11.6 Å². The Labute approximate surface area is 119 Å². The van der Waals surface area contributed by atoms with Crippen molar-refractivity contribution in [1.29, 1.82) is 0 Å². The molecule has 0 saturated heterocycles. The molecule has 0 heterocycles. The van der Waals surface area contributed by atoms with Gasteiger partial charge in [-0.2, -0.15) is 13.2 Å². The highest BCUT2D eigenvalue weighted by atomic mass is 19.4. The molecule has 0 fully saturated rings. The predicted octanol–water partition coefficient (Wildman–Crippen LogP) is 3.70. The molecule has 0 unspecified atom stereocenters. The first-order valence-electron chi connectivity index (χ1n) is 6.00. The lowest BCUT2D eigenvalue weighted by atomic mass is 10.1. The largest absolute Gasteiger partial charge is 0.416 e. The average Bonchev–Trinajstić information content (AvgIpc) is 2.46. The van der Waals surface area contributed by atoms with Crippen LogP contribution in [0.4, 0.5) is 18.9 Å². The lowest BCUT2D eigenvalue weighted by molar-refractivity contribution is -0.137. The molecular formula is C16H10F3NO. The summed E-state index contributed by atoms with van der Waals surface area (Å²) in [4.78, 5) is 11.5. The highest BCUT2D eigenvalue weighted by molar-refractivity contribution is 6.04. The Hall–Kier alpha value is -2.74. The van der Waals surface area contributed by atoms with Crippen LogP contribution in [0.2, 0.25) is 0 Å². The number of benzene rings is 2. The zero-order chi connectivity index (χ0) is 15.3. The molecule has 0 aliphatic carbocycles. The van der Waals surface area contributed by atoms with E-state index < -0.39 is 17.6 Å². The smallest absolute Gasteiger partial charge is 0.315 e. The Morgan fingerprint density at radius 1 is 0.952 bits per heavy atom. The second-order valence-corrected chi connectivity index (χ2v) is 4.15. The zero-order valence-corrected chi connectivity index (χ0v) is 10.7. The second-order valence-electron chi connectivity index (χ2n) is 4.15. The first kappa shape index (κ1) is 14.7. The molecule has 1 amide bonds. The van der Waals surface area contributed by atoms with Crippen LogP contribution in [0.1, 0.15) is 11.1 Å². The van der Waals surface area contributed by atoms with E-state index in [9.17, 15) is 18.0 Å². The molecule has 0 bridgehead atoms. The number of amides is 1. The highest BCUT2D eigenvalue weighted by Crippen LogP contribution is 2.28. The number of carbonyl (C=O) groups excluding carboxylic acids is 1. The van der Waals surface area contributed by atoms with Crippen LogP contribution >= 0.6 is 0 Å². The van der Waals surface area contributed by atoms with Gasteiger partial charge in [0.05, 0.1) is 5.56 Å². The molecule has 2 aromatic carbocycles. The molecule has 2 rings (SSSR count). The molecule has 2 aromatic rings. The number of nitrogens with one attached hydrogen (secondary N) is 1. The summed E-state index contributed by atoms with van der Waals surface area (Å²) < 4.78 is 37.1. The van der Waals surface area contributed by atoms with E-state index in [0.717, 1.165) is 12.1 Å². The second kappa shape index (κ2) is 6.14. The Kier molecular flexibility index (Phi) is 4.29. The number of hydrogen-bond donors (Lipinski definition) is 1. The molecule has 0 aromatic heterocycles. The summed E-state index contributed by atoms with van der Waals surface area (Å²) >= 11 is 0. The van der Waals surface area contributed by atoms with Crippen molar-refractivity contribution in [3.63, 3.8) is 0 Å². The van der Waals surface area contributed by atoms with Crippen molar-refractivity contribution in [3.05, 3.63) is 65.7 Å². The fraction of sp³-hybridized carbons (Fsp3) is 0.0625. The molecule has 2 nitrogen and oxygen atoms in total. The van der Waals surface area contributed by atoms with Crippen LogP contribution in [0.3, 0.4) is 0 Å². The maximum Gasteiger partial charge on any atom is 0.416 e. The summed E-state index contributed by atoms with van der Waals surface area (Å²) in [6, 6.07) is 13.1. The number of alkyl halides is 3. The van der Waals surface area contributed by atoms with Crippen molar-refractivity contribution in [1.82, 2.24) is 0 Å². The van der Waals surface area contributed by atoms with Gasteiger partial charge in [0.25, 0.3) is 0 Å². The van der Waals surface area contributed by atoms with E-state index >= 15 is 0 Å². The topological polar surface area (TPSA) is 29.1 Å². The quantitative estimate of drug-likeness (QED) is 0.797. The van der Waals surface area contributed by atoms with Gasteiger partial charge in [0.1, 0.15) is 0 Å². The molecule has 0 aliphatic rings. The maximum atomic E-state index is 12.4. The third kappa shape index (κ3) is 4.39. The molecule has 0 atom stereocenters. The van der Waals surface area contributed by atoms with Crippen molar-refractivity contribution in [2.45, 2.75) is 6.18 Å². The van der Waals surface area contributed by atoms with Gasteiger partial charge in [0.2, 0.25) is 0 Å². The van der Waals surface area contributed by atoms with Gasteiger partial charge < -0.3 is 5.32 Å². The fourth-order valence-electron chi connectivity index (χ4n) is 1.56. The Balaban J connectivity index is 2.04. The molecule has 0 saturated carbocycles. The summed E-state index contributed by atoms with van der Waals surface area (Å²) in [7, 11) is 0. The van der Waals surface area contributed by atoms with E-state index in [2.05, 4.69) is 17.2 Å². The van der Waals surface area contributed by atoms with E-state index in [1.165, 1.54) is 12.1 Å². The average molecular weight is 289 g/mol. The molecule has 0 radical (unpaired) electrons. The minimum absolute atomic E-state index is 0.339. The van der Waals surface area contributed by atoms with Crippen LogP contribution in [0.25, 0.3) is 0 Å². The van der Waals surface area contributed by atoms with Gasteiger partial charge in [-0.25, -0.2) is 0 Å².